The largest absolute Gasteiger partial charge is 0.469 e. The topological polar surface area (TPSA) is 44.8 Å². The molecule has 0 saturated carbocycles. The van der Waals surface area contributed by atoms with Gasteiger partial charge in [-0.25, -0.2) is 0 Å². The number of hydrogen-bond donors (Lipinski definition) is 0. The number of carbonyl (C=O) groups is 1. The lowest BCUT2D eigenvalue weighted by molar-refractivity contribution is -0.114. The molecular weight excluding hydrogens is 369 g/mol. The fourth-order valence-electron chi connectivity index (χ4n) is 2.36. The molecule has 0 unspecified atom stereocenters. The van der Waals surface area contributed by atoms with Crippen LogP contribution in [0.25, 0.3) is 0 Å². The third-order valence-electron chi connectivity index (χ3n) is 2.64. The average molecular weight is 407 g/mol. The predicted molar refractivity (Wildman–Crippen MR) is 113 cm³/mol. The molecule has 0 aromatic rings. The van der Waals surface area contributed by atoms with Gasteiger partial charge in [0.15, 0.2) is 30.7 Å². The minimum atomic E-state index is -2.78. The molecule has 0 heterocycles. The van der Waals surface area contributed by atoms with Gasteiger partial charge in [0.2, 0.25) is 0 Å². The van der Waals surface area contributed by atoms with Gasteiger partial charge >= 0.3 is 8.80 Å². The Labute approximate surface area is 153 Å². The van der Waals surface area contributed by atoms with E-state index in [1.807, 2.05) is 6.92 Å². The molecular formula is C16H38O4Si4. The molecule has 142 valence electrons. The number of ketones is 1. The van der Waals surface area contributed by atoms with E-state index in [1.165, 1.54) is 0 Å². The van der Waals surface area contributed by atoms with Crippen LogP contribution >= 0.6 is 0 Å². The van der Waals surface area contributed by atoms with Gasteiger partial charge in [-0.15, -0.1) is 0 Å². The molecule has 0 aliphatic heterocycles. The molecule has 0 aromatic carbocycles. The van der Waals surface area contributed by atoms with Crippen molar-refractivity contribution < 1.29 is 17.1 Å². The van der Waals surface area contributed by atoms with Gasteiger partial charge in [0, 0.05) is 12.5 Å². The van der Waals surface area contributed by atoms with Crippen molar-refractivity contribution in [2.75, 3.05) is 0 Å². The monoisotopic (exact) mass is 406 g/mol. The summed E-state index contributed by atoms with van der Waals surface area (Å²) < 4.78 is 19.8. The zero-order chi connectivity index (χ0) is 19.2. The molecule has 0 spiro atoms. The van der Waals surface area contributed by atoms with Crippen molar-refractivity contribution >= 4 is 39.5 Å². The van der Waals surface area contributed by atoms with Crippen molar-refractivity contribution in [2.45, 2.75) is 84.7 Å². The van der Waals surface area contributed by atoms with Crippen LogP contribution in [0.4, 0.5) is 0 Å². The molecule has 4 nitrogen and oxygen atoms in total. The maximum absolute atomic E-state index is 11.8. The lowest BCUT2D eigenvalue weighted by Crippen LogP contribution is -2.60. The quantitative estimate of drug-likeness (QED) is 0.340. The molecule has 0 N–H and O–H groups in total. The van der Waals surface area contributed by atoms with Crippen LogP contribution in [-0.4, -0.2) is 39.5 Å². The summed E-state index contributed by atoms with van der Waals surface area (Å²) in [5, 5.41) is 0. The van der Waals surface area contributed by atoms with Crippen LogP contribution in [0.15, 0.2) is 12.2 Å². The summed E-state index contributed by atoms with van der Waals surface area (Å²) in [5.74, 6) is 0.161. The summed E-state index contributed by atoms with van der Waals surface area (Å²) in [5.41, 5.74) is 0. The molecule has 0 aliphatic carbocycles. The van der Waals surface area contributed by atoms with Crippen LogP contribution in [0.5, 0.6) is 0 Å². The van der Waals surface area contributed by atoms with Crippen molar-refractivity contribution in [1.29, 1.82) is 0 Å². The molecule has 0 fully saturated rings. The molecule has 0 aliphatic rings. The van der Waals surface area contributed by atoms with Crippen molar-refractivity contribution in [3.05, 3.63) is 12.2 Å². The Morgan fingerprint density at radius 1 is 0.792 bits per heavy atom. The summed E-state index contributed by atoms with van der Waals surface area (Å²) in [6, 6.07) is 0.731. The first kappa shape index (κ1) is 24.2. The standard InChI is InChI=1S/C16H38O4Si4/c1-11-13-16(17)14-12-15-24(18-21(2,3)4,19-22(5,6)7)20-23(8,9)10/h11,13H,12,14-15H2,1-10H3. The molecule has 0 bridgehead atoms. The fourth-order valence-corrected chi connectivity index (χ4v) is 17.0. The highest BCUT2D eigenvalue weighted by Gasteiger charge is 2.49. The maximum Gasteiger partial charge on any atom is 0.469 e. The third kappa shape index (κ3) is 12.5. The molecule has 0 saturated heterocycles. The van der Waals surface area contributed by atoms with Crippen LogP contribution in [0, 0.1) is 0 Å². The Kier molecular flexibility index (Phi) is 9.26. The van der Waals surface area contributed by atoms with Crippen molar-refractivity contribution in [2.24, 2.45) is 0 Å². The number of rotatable bonds is 11. The molecule has 0 rings (SSSR count). The van der Waals surface area contributed by atoms with Crippen LogP contribution in [0.1, 0.15) is 19.8 Å². The van der Waals surface area contributed by atoms with E-state index in [1.54, 1.807) is 12.2 Å². The van der Waals surface area contributed by atoms with Crippen molar-refractivity contribution in [3.63, 3.8) is 0 Å². The van der Waals surface area contributed by atoms with Crippen LogP contribution in [0.2, 0.25) is 65.0 Å². The lowest BCUT2D eigenvalue weighted by Gasteiger charge is -2.42. The van der Waals surface area contributed by atoms with E-state index in [4.69, 9.17) is 12.3 Å². The summed E-state index contributed by atoms with van der Waals surface area (Å²) in [6.07, 6.45) is 4.72. The third-order valence-corrected chi connectivity index (χ3v) is 14.7. The summed E-state index contributed by atoms with van der Waals surface area (Å²) in [4.78, 5) is 11.8. The van der Waals surface area contributed by atoms with E-state index in [0.29, 0.717) is 6.42 Å². The number of hydrogen-bond acceptors (Lipinski definition) is 4. The van der Waals surface area contributed by atoms with E-state index in [0.717, 1.165) is 12.5 Å². The van der Waals surface area contributed by atoms with Gasteiger partial charge < -0.3 is 12.3 Å². The van der Waals surface area contributed by atoms with E-state index < -0.39 is 33.8 Å². The Morgan fingerprint density at radius 3 is 1.46 bits per heavy atom. The number of allylic oxidation sites excluding steroid dienone is 2. The van der Waals surface area contributed by atoms with Gasteiger partial charge in [-0.05, 0) is 78.3 Å². The summed E-state index contributed by atoms with van der Waals surface area (Å²) >= 11 is 0. The number of carbonyl (C=O) groups excluding carboxylic acids is 1. The van der Waals surface area contributed by atoms with Crippen LogP contribution in [-0.2, 0) is 17.1 Å². The van der Waals surface area contributed by atoms with E-state index >= 15 is 0 Å². The Bertz CT molecular complexity index is 390. The molecule has 0 atom stereocenters. The second kappa shape index (κ2) is 9.20. The van der Waals surface area contributed by atoms with Crippen molar-refractivity contribution in [1.82, 2.24) is 0 Å². The molecule has 8 heteroatoms. The van der Waals surface area contributed by atoms with Gasteiger partial charge in [-0.2, -0.15) is 0 Å². The van der Waals surface area contributed by atoms with Gasteiger partial charge in [0.05, 0.1) is 0 Å². The highest BCUT2D eigenvalue weighted by Crippen LogP contribution is 2.30. The minimum absolute atomic E-state index is 0.161. The summed E-state index contributed by atoms with van der Waals surface area (Å²) in [7, 11) is -8.26. The lowest BCUT2D eigenvalue weighted by atomic mass is 10.2. The molecule has 0 amide bonds. The first-order valence-corrected chi connectivity index (χ1v) is 21.0. The SMILES string of the molecule is CC=CC(=O)CCC[Si](O[Si](C)(C)C)(O[Si](C)(C)C)O[Si](C)(C)C. The molecule has 24 heavy (non-hydrogen) atoms. The van der Waals surface area contributed by atoms with Crippen molar-refractivity contribution in [3.8, 4) is 0 Å². The first-order chi connectivity index (χ1) is 10.6. The van der Waals surface area contributed by atoms with E-state index in [9.17, 15) is 4.79 Å². The second-order valence-electron chi connectivity index (χ2n) is 9.15. The van der Waals surface area contributed by atoms with E-state index in [-0.39, 0.29) is 5.78 Å². The Morgan fingerprint density at radius 2 is 1.17 bits per heavy atom. The maximum atomic E-state index is 11.8. The van der Waals surface area contributed by atoms with E-state index in [2.05, 4.69) is 58.9 Å². The van der Waals surface area contributed by atoms with Gasteiger partial charge in [-0.3, -0.25) is 4.79 Å². The van der Waals surface area contributed by atoms with Crippen LogP contribution < -0.4 is 0 Å². The van der Waals surface area contributed by atoms with Gasteiger partial charge in [0.1, 0.15) is 0 Å². The second-order valence-corrected chi connectivity index (χ2v) is 26.1. The predicted octanol–water partition coefficient (Wildman–Crippen LogP) is 5.41. The average Bonchev–Trinajstić information content (AvgIpc) is 2.20. The first-order valence-electron chi connectivity index (χ1n) is 8.84. The zero-order valence-electron chi connectivity index (χ0n) is 17.4. The highest BCUT2D eigenvalue weighted by molar-refractivity contribution is 6.90. The molecule has 0 aromatic heterocycles. The van der Waals surface area contributed by atoms with Gasteiger partial charge in [-0.1, -0.05) is 6.08 Å². The normalized spacial score (nSPS) is 14.4. The fraction of sp³-hybridized carbons (Fsp3) is 0.812. The minimum Gasteiger partial charge on any atom is -0.417 e. The van der Waals surface area contributed by atoms with Gasteiger partial charge in [0.25, 0.3) is 0 Å². The highest BCUT2D eigenvalue weighted by atomic mass is 28.5. The Hall–Kier alpha value is 0.158. The van der Waals surface area contributed by atoms with Crippen LogP contribution in [0.3, 0.4) is 0 Å². The zero-order valence-corrected chi connectivity index (χ0v) is 21.4. The smallest absolute Gasteiger partial charge is 0.417 e. The Balaban J connectivity index is 5.42. The molecule has 0 radical (unpaired) electrons. The summed E-state index contributed by atoms with van der Waals surface area (Å²) in [6.45, 7) is 21.5.